The van der Waals surface area contributed by atoms with Gasteiger partial charge in [0, 0.05) is 23.8 Å². The summed E-state index contributed by atoms with van der Waals surface area (Å²) < 4.78 is 10.4. The summed E-state index contributed by atoms with van der Waals surface area (Å²) in [7, 11) is 3.09. The van der Waals surface area contributed by atoms with Crippen molar-refractivity contribution in [2.75, 3.05) is 14.2 Å². The Kier molecular flexibility index (Phi) is 3.50. The third-order valence-electron chi connectivity index (χ3n) is 3.18. The smallest absolute Gasteiger partial charge is 0.160 e. The summed E-state index contributed by atoms with van der Waals surface area (Å²) in [5.74, 6) is 0.554. The van der Waals surface area contributed by atoms with E-state index >= 15 is 0 Å². The molecule has 0 aliphatic heterocycles. The van der Waals surface area contributed by atoms with E-state index in [1.807, 2.05) is 6.08 Å². The summed E-state index contributed by atoms with van der Waals surface area (Å²) in [4.78, 5) is 11.6. The van der Waals surface area contributed by atoms with Gasteiger partial charge in [0.05, 0.1) is 7.11 Å². The van der Waals surface area contributed by atoms with Gasteiger partial charge in [0.25, 0.3) is 0 Å². The Hall–Kier alpha value is -1.65. The number of carbonyl (C=O) groups excluding carboxylic acids is 1. The first kappa shape index (κ1) is 12.8. The summed E-state index contributed by atoms with van der Waals surface area (Å²) in [6.45, 7) is 1.48. The van der Waals surface area contributed by atoms with E-state index in [1.54, 1.807) is 25.3 Å². The molecular weight excluding hydrogens is 232 g/mol. The number of aliphatic hydroxyl groups excluding tert-OH is 1. The second-order valence-corrected chi connectivity index (χ2v) is 4.20. The van der Waals surface area contributed by atoms with Gasteiger partial charge < -0.3 is 14.6 Å². The second kappa shape index (κ2) is 4.92. The molecule has 0 radical (unpaired) electrons. The summed E-state index contributed by atoms with van der Waals surface area (Å²) in [5.41, 5.74) is 1.83. The number of Topliss-reactive ketones (excluding diaryl/α,β-unsaturated/α-hetero) is 1. The molecule has 96 valence electrons. The molecule has 0 spiro atoms. The summed E-state index contributed by atoms with van der Waals surface area (Å²) in [6.07, 6.45) is 2.28. The van der Waals surface area contributed by atoms with Gasteiger partial charge in [-0.1, -0.05) is 12.2 Å². The maximum atomic E-state index is 11.6. The van der Waals surface area contributed by atoms with Crippen molar-refractivity contribution in [1.82, 2.24) is 0 Å². The van der Waals surface area contributed by atoms with E-state index in [2.05, 4.69) is 0 Å². The number of carbonyl (C=O) groups is 1. The normalized spacial score (nSPS) is 21.6. The number of ketones is 1. The number of hydrogen-bond acceptors (Lipinski definition) is 4. The van der Waals surface area contributed by atoms with Gasteiger partial charge in [-0.2, -0.15) is 0 Å². The van der Waals surface area contributed by atoms with E-state index < -0.39 is 12.2 Å². The van der Waals surface area contributed by atoms with Crippen molar-refractivity contribution >= 4 is 11.9 Å². The molecule has 0 bridgehead atoms. The molecule has 0 fully saturated rings. The van der Waals surface area contributed by atoms with Crippen LogP contribution in [0.2, 0.25) is 0 Å². The third kappa shape index (κ3) is 1.94. The highest BCUT2D eigenvalue weighted by Gasteiger charge is 2.29. The van der Waals surface area contributed by atoms with Gasteiger partial charge in [-0.25, -0.2) is 0 Å². The highest BCUT2D eigenvalue weighted by molar-refractivity contribution is 5.97. The Balaban J connectivity index is 2.66. The second-order valence-electron chi connectivity index (χ2n) is 4.20. The molecule has 1 aliphatic carbocycles. The van der Waals surface area contributed by atoms with E-state index in [0.717, 1.165) is 5.56 Å². The predicted octanol–water partition coefficient (Wildman–Crippen LogP) is 1.97. The van der Waals surface area contributed by atoms with E-state index in [0.29, 0.717) is 16.9 Å². The van der Waals surface area contributed by atoms with Gasteiger partial charge in [-0.3, -0.25) is 4.79 Å². The summed E-state index contributed by atoms with van der Waals surface area (Å²) >= 11 is 0. The lowest BCUT2D eigenvalue weighted by Crippen LogP contribution is -2.24. The Morgan fingerprint density at radius 2 is 2.06 bits per heavy atom. The molecule has 0 saturated heterocycles. The molecule has 1 aromatic carbocycles. The van der Waals surface area contributed by atoms with Crippen molar-refractivity contribution in [3.8, 4) is 5.75 Å². The van der Waals surface area contributed by atoms with Crippen molar-refractivity contribution in [2.45, 2.75) is 19.1 Å². The zero-order valence-corrected chi connectivity index (χ0v) is 10.6. The number of rotatable bonds is 3. The Morgan fingerprint density at radius 1 is 1.33 bits per heavy atom. The highest BCUT2D eigenvalue weighted by Crippen LogP contribution is 2.37. The zero-order valence-electron chi connectivity index (χ0n) is 10.6. The lowest BCUT2D eigenvalue weighted by Gasteiger charge is -2.27. The maximum absolute atomic E-state index is 11.6. The SMILES string of the molecule is COc1ccc(C(C)=O)c2c1C=C[C@H](OC)[C@H]2O. The van der Waals surface area contributed by atoms with Crippen LogP contribution in [0.25, 0.3) is 6.08 Å². The highest BCUT2D eigenvalue weighted by atomic mass is 16.5. The van der Waals surface area contributed by atoms with Gasteiger partial charge in [0.2, 0.25) is 0 Å². The molecule has 1 N–H and O–H groups in total. The van der Waals surface area contributed by atoms with E-state index in [1.165, 1.54) is 14.0 Å². The lowest BCUT2D eigenvalue weighted by molar-refractivity contribution is 0.0144. The van der Waals surface area contributed by atoms with Crippen molar-refractivity contribution in [3.05, 3.63) is 34.9 Å². The number of hydrogen-bond donors (Lipinski definition) is 1. The minimum absolute atomic E-state index is 0.0851. The average molecular weight is 248 g/mol. The maximum Gasteiger partial charge on any atom is 0.160 e. The minimum Gasteiger partial charge on any atom is -0.496 e. The Labute approximate surface area is 106 Å². The quantitative estimate of drug-likeness (QED) is 0.831. The first-order valence-electron chi connectivity index (χ1n) is 5.71. The fraction of sp³-hybridized carbons (Fsp3) is 0.357. The lowest BCUT2D eigenvalue weighted by atomic mass is 9.87. The van der Waals surface area contributed by atoms with Crippen molar-refractivity contribution in [3.63, 3.8) is 0 Å². The molecule has 2 rings (SSSR count). The van der Waals surface area contributed by atoms with E-state index in [9.17, 15) is 9.90 Å². The number of ether oxygens (including phenoxy) is 2. The van der Waals surface area contributed by atoms with Gasteiger partial charge >= 0.3 is 0 Å². The zero-order chi connectivity index (χ0) is 13.3. The number of fused-ring (bicyclic) bond motifs is 1. The van der Waals surface area contributed by atoms with E-state index in [-0.39, 0.29) is 5.78 Å². The number of benzene rings is 1. The first-order chi connectivity index (χ1) is 8.60. The molecule has 18 heavy (non-hydrogen) atoms. The van der Waals surface area contributed by atoms with Gasteiger partial charge in [-0.15, -0.1) is 0 Å². The Morgan fingerprint density at radius 3 is 2.61 bits per heavy atom. The van der Waals surface area contributed by atoms with E-state index in [4.69, 9.17) is 9.47 Å². The molecule has 0 unspecified atom stereocenters. The van der Waals surface area contributed by atoms with Crippen LogP contribution in [-0.2, 0) is 4.74 Å². The first-order valence-corrected chi connectivity index (χ1v) is 5.71. The van der Waals surface area contributed by atoms with Crippen LogP contribution in [0.15, 0.2) is 18.2 Å². The van der Waals surface area contributed by atoms with Gasteiger partial charge in [-0.05, 0) is 19.1 Å². The van der Waals surface area contributed by atoms with Crippen LogP contribution >= 0.6 is 0 Å². The van der Waals surface area contributed by atoms with Gasteiger partial charge in [0.15, 0.2) is 5.78 Å². The largest absolute Gasteiger partial charge is 0.496 e. The van der Waals surface area contributed by atoms with Crippen LogP contribution in [-0.4, -0.2) is 31.2 Å². The monoisotopic (exact) mass is 248 g/mol. The van der Waals surface area contributed by atoms with Crippen LogP contribution in [0.5, 0.6) is 5.75 Å². The standard InChI is InChI=1S/C14H16O4/c1-8(15)9-4-6-11(17-2)10-5-7-12(18-3)14(16)13(9)10/h4-7,12,14,16H,1-3H3/t12-,14+/m0/s1. The van der Waals surface area contributed by atoms with Crippen LogP contribution in [0.3, 0.4) is 0 Å². The molecule has 1 aromatic rings. The Bertz CT molecular complexity index is 505. The van der Waals surface area contributed by atoms with Crippen LogP contribution in [0, 0.1) is 0 Å². The van der Waals surface area contributed by atoms with Crippen molar-refractivity contribution in [2.24, 2.45) is 0 Å². The summed E-state index contributed by atoms with van der Waals surface area (Å²) in [5, 5.41) is 10.3. The molecule has 4 heteroatoms. The molecule has 4 nitrogen and oxygen atoms in total. The number of methoxy groups -OCH3 is 2. The molecule has 2 atom stereocenters. The minimum atomic E-state index is -0.857. The topological polar surface area (TPSA) is 55.8 Å². The van der Waals surface area contributed by atoms with Crippen molar-refractivity contribution in [1.29, 1.82) is 0 Å². The third-order valence-corrected chi connectivity index (χ3v) is 3.18. The fourth-order valence-electron chi connectivity index (χ4n) is 2.26. The van der Waals surface area contributed by atoms with Crippen LogP contribution in [0.4, 0.5) is 0 Å². The number of aliphatic hydroxyl groups is 1. The molecule has 0 aromatic heterocycles. The van der Waals surface area contributed by atoms with Crippen LogP contribution in [0.1, 0.15) is 34.5 Å². The van der Waals surface area contributed by atoms with Crippen LogP contribution < -0.4 is 4.74 Å². The van der Waals surface area contributed by atoms with Gasteiger partial charge in [0.1, 0.15) is 18.0 Å². The molecule has 1 aliphatic rings. The molecule has 0 amide bonds. The molecule has 0 saturated carbocycles. The molecule has 0 heterocycles. The predicted molar refractivity (Wildman–Crippen MR) is 67.8 cm³/mol. The van der Waals surface area contributed by atoms with Crippen molar-refractivity contribution < 1.29 is 19.4 Å². The fourth-order valence-corrected chi connectivity index (χ4v) is 2.26. The summed E-state index contributed by atoms with van der Waals surface area (Å²) in [6, 6.07) is 3.41. The average Bonchev–Trinajstić information content (AvgIpc) is 2.37. The molecular formula is C14H16O4.